The van der Waals surface area contributed by atoms with Crippen molar-refractivity contribution >= 4 is 11.9 Å². The van der Waals surface area contributed by atoms with Gasteiger partial charge in [-0.3, -0.25) is 4.79 Å². The first-order valence-corrected chi connectivity index (χ1v) is 7.67. The summed E-state index contributed by atoms with van der Waals surface area (Å²) in [6.07, 6.45) is 0. The predicted octanol–water partition coefficient (Wildman–Crippen LogP) is 3.04. The molecule has 1 N–H and O–H groups in total. The zero-order chi connectivity index (χ0) is 17.5. The Hall–Kier alpha value is -2.82. The predicted molar refractivity (Wildman–Crippen MR) is 91.0 cm³/mol. The number of carbonyl (C=O) groups excluding carboxylic acids is 2. The molecule has 0 bridgehead atoms. The summed E-state index contributed by atoms with van der Waals surface area (Å²) < 4.78 is 10.2. The van der Waals surface area contributed by atoms with Crippen molar-refractivity contribution in [3.05, 3.63) is 65.2 Å². The van der Waals surface area contributed by atoms with E-state index in [9.17, 15) is 9.59 Å². The Balaban J connectivity index is 1.88. The number of benzene rings is 2. The van der Waals surface area contributed by atoms with Crippen molar-refractivity contribution in [2.24, 2.45) is 0 Å². The summed E-state index contributed by atoms with van der Waals surface area (Å²) in [5.74, 6) is -0.304. The summed E-state index contributed by atoms with van der Waals surface area (Å²) in [6, 6.07) is 14.4. The van der Waals surface area contributed by atoms with E-state index in [2.05, 4.69) is 5.32 Å². The summed E-state index contributed by atoms with van der Waals surface area (Å²) in [4.78, 5) is 24.0. The van der Waals surface area contributed by atoms with Gasteiger partial charge in [0.2, 0.25) is 0 Å². The van der Waals surface area contributed by atoms with Crippen LogP contribution in [0.1, 0.15) is 34.5 Å². The van der Waals surface area contributed by atoms with Gasteiger partial charge < -0.3 is 14.8 Å². The summed E-state index contributed by atoms with van der Waals surface area (Å²) in [5, 5.41) is 2.79. The van der Waals surface area contributed by atoms with Gasteiger partial charge in [0.1, 0.15) is 5.75 Å². The molecule has 0 aliphatic heterocycles. The zero-order valence-corrected chi connectivity index (χ0v) is 14.0. The minimum atomic E-state index is -0.559. The van der Waals surface area contributed by atoms with Crippen molar-refractivity contribution in [1.29, 1.82) is 0 Å². The fraction of sp³-hybridized carbons (Fsp3) is 0.263. The van der Waals surface area contributed by atoms with Crippen LogP contribution in [-0.4, -0.2) is 25.6 Å². The highest BCUT2D eigenvalue weighted by atomic mass is 16.5. The van der Waals surface area contributed by atoms with E-state index in [0.29, 0.717) is 11.3 Å². The van der Waals surface area contributed by atoms with E-state index < -0.39 is 5.97 Å². The monoisotopic (exact) mass is 327 g/mol. The van der Waals surface area contributed by atoms with Crippen molar-refractivity contribution in [2.45, 2.75) is 19.9 Å². The van der Waals surface area contributed by atoms with Crippen LogP contribution < -0.4 is 10.1 Å². The lowest BCUT2D eigenvalue weighted by atomic mass is 10.1. The van der Waals surface area contributed by atoms with Crippen molar-refractivity contribution in [2.75, 3.05) is 13.7 Å². The van der Waals surface area contributed by atoms with Crippen LogP contribution >= 0.6 is 0 Å². The first kappa shape index (κ1) is 17.5. The van der Waals surface area contributed by atoms with Gasteiger partial charge in [-0.2, -0.15) is 0 Å². The molecule has 1 unspecified atom stereocenters. The van der Waals surface area contributed by atoms with Gasteiger partial charge in [-0.1, -0.05) is 36.4 Å². The van der Waals surface area contributed by atoms with Crippen LogP contribution in [0.3, 0.4) is 0 Å². The molecule has 0 heterocycles. The lowest BCUT2D eigenvalue weighted by Gasteiger charge is -2.14. The Kier molecular flexibility index (Phi) is 5.95. The fourth-order valence-electron chi connectivity index (χ4n) is 2.27. The Morgan fingerprint density at radius 1 is 1.12 bits per heavy atom. The van der Waals surface area contributed by atoms with Crippen molar-refractivity contribution in [3.63, 3.8) is 0 Å². The Morgan fingerprint density at radius 2 is 1.83 bits per heavy atom. The lowest BCUT2D eigenvalue weighted by molar-refractivity contribution is -0.124. The summed E-state index contributed by atoms with van der Waals surface area (Å²) in [5.41, 5.74) is 2.25. The maximum Gasteiger partial charge on any atom is 0.338 e. The van der Waals surface area contributed by atoms with E-state index >= 15 is 0 Å². The van der Waals surface area contributed by atoms with Gasteiger partial charge in [-0.15, -0.1) is 0 Å². The quantitative estimate of drug-likeness (QED) is 0.828. The molecule has 2 aromatic rings. The largest absolute Gasteiger partial charge is 0.496 e. The zero-order valence-electron chi connectivity index (χ0n) is 14.0. The molecular weight excluding hydrogens is 306 g/mol. The second-order valence-corrected chi connectivity index (χ2v) is 5.46. The Morgan fingerprint density at radius 3 is 2.50 bits per heavy atom. The van der Waals surface area contributed by atoms with Crippen LogP contribution in [0.2, 0.25) is 0 Å². The number of hydrogen-bond donors (Lipinski definition) is 1. The smallest absolute Gasteiger partial charge is 0.338 e. The highest BCUT2D eigenvalue weighted by molar-refractivity contribution is 5.91. The SMILES string of the molecule is COc1cc(C(=O)OCC(=O)NC(C)c2ccccc2)ccc1C. The molecule has 2 aromatic carbocycles. The summed E-state index contributed by atoms with van der Waals surface area (Å²) in [6.45, 7) is 3.43. The number of carbonyl (C=O) groups is 2. The van der Waals surface area contributed by atoms with Gasteiger partial charge in [0.25, 0.3) is 5.91 Å². The Labute approximate surface area is 141 Å². The van der Waals surface area contributed by atoms with E-state index in [1.807, 2.05) is 44.2 Å². The van der Waals surface area contributed by atoms with Crippen LogP contribution in [0.15, 0.2) is 48.5 Å². The normalized spacial score (nSPS) is 11.5. The minimum Gasteiger partial charge on any atom is -0.496 e. The average molecular weight is 327 g/mol. The third kappa shape index (κ3) is 4.59. The average Bonchev–Trinajstić information content (AvgIpc) is 2.60. The summed E-state index contributed by atoms with van der Waals surface area (Å²) in [7, 11) is 1.54. The molecule has 24 heavy (non-hydrogen) atoms. The number of rotatable bonds is 6. The number of aryl methyl sites for hydroxylation is 1. The van der Waals surface area contributed by atoms with E-state index in [1.54, 1.807) is 18.2 Å². The molecule has 1 amide bonds. The highest BCUT2D eigenvalue weighted by Gasteiger charge is 2.14. The number of esters is 1. The number of ether oxygens (including phenoxy) is 2. The van der Waals surface area contributed by atoms with E-state index in [-0.39, 0.29) is 18.6 Å². The molecule has 0 saturated carbocycles. The first-order chi connectivity index (χ1) is 11.5. The first-order valence-electron chi connectivity index (χ1n) is 7.67. The third-order valence-corrected chi connectivity index (χ3v) is 3.66. The second-order valence-electron chi connectivity index (χ2n) is 5.46. The van der Waals surface area contributed by atoms with Crippen molar-refractivity contribution < 1.29 is 19.1 Å². The topological polar surface area (TPSA) is 64.6 Å². The van der Waals surface area contributed by atoms with Gasteiger partial charge >= 0.3 is 5.97 Å². The number of amides is 1. The maximum atomic E-state index is 12.0. The molecular formula is C19H21NO4. The van der Waals surface area contributed by atoms with Gasteiger partial charge in [-0.05, 0) is 37.1 Å². The van der Waals surface area contributed by atoms with Gasteiger partial charge in [0, 0.05) is 0 Å². The van der Waals surface area contributed by atoms with Crippen LogP contribution in [0.5, 0.6) is 5.75 Å². The standard InChI is InChI=1S/C19H21NO4/c1-13-9-10-16(11-17(13)23-3)19(22)24-12-18(21)20-14(2)15-7-5-4-6-8-15/h4-11,14H,12H2,1-3H3,(H,20,21). The van der Waals surface area contributed by atoms with Crippen LogP contribution in [-0.2, 0) is 9.53 Å². The van der Waals surface area contributed by atoms with Crippen molar-refractivity contribution in [3.8, 4) is 5.75 Å². The molecule has 0 spiro atoms. The molecule has 0 saturated heterocycles. The minimum absolute atomic E-state index is 0.156. The van der Waals surface area contributed by atoms with E-state index in [0.717, 1.165) is 11.1 Å². The van der Waals surface area contributed by atoms with E-state index in [1.165, 1.54) is 7.11 Å². The van der Waals surface area contributed by atoms with Gasteiger partial charge in [0.15, 0.2) is 6.61 Å². The lowest BCUT2D eigenvalue weighted by Crippen LogP contribution is -2.31. The molecule has 1 atom stereocenters. The molecule has 0 fully saturated rings. The second kappa shape index (κ2) is 8.15. The Bertz CT molecular complexity index is 713. The highest BCUT2D eigenvalue weighted by Crippen LogP contribution is 2.19. The number of hydrogen-bond acceptors (Lipinski definition) is 4. The maximum absolute atomic E-state index is 12.0. The van der Waals surface area contributed by atoms with Crippen LogP contribution in [0, 0.1) is 6.92 Å². The molecule has 0 aliphatic rings. The van der Waals surface area contributed by atoms with E-state index in [4.69, 9.17) is 9.47 Å². The molecule has 2 rings (SSSR count). The molecule has 5 heteroatoms. The molecule has 0 radical (unpaired) electrons. The van der Waals surface area contributed by atoms with Crippen molar-refractivity contribution in [1.82, 2.24) is 5.32 Å². The summed E-state index contributed by atoms with van der Waals surface area (Å²) >= 11 is 0. The van der Waals surface area contributed by atoms with Gasteiger partial charge in [0.05, 0.1) is 18.7 Å². The molecule has 0 aliphatic carbocycles. The number of nitrogens with one attached hydrogen (secondary N) is 1. The molecule has 0 aromatic heterocycles. The number of methoxy groups -OCH3 is 1. The van der Waals surface area contributed by atoms with Crippen LogP contribution in [0.25, 0.3) is 0 Å². The molecule has 126 valence electrons. The molecule has 5 nitrogen and oxygen atoms in total. The third-order valence-electron chi connectivity index (χ3n) is 3.66. The van der Waals surface area contributed by atoms with Gasteiger partial charge in [-0.25, -0.2) is 4.79 Å². The fourth-order valence-corrected chi connectivity index (χ4v) is 2.27. The van der Waals surface area contributed by atoms with Crippen LogP contribution in [0.4, 0.5) is 0 Å².